The van der Waals surface area contributed by atoms with E-state index < -0.39 is 5.97 Å². The van der Waals surface area contributed by atoms with Gasteiger partial charge in [-0.2, -0.15) is 0 Å². The third-order valence-electron chi connectivity index (χ3n) is 13.7. The first-order chi connectivity index (χ1) is 30.2. The molecular formula is C52H70N2O8. The molecule has 4 aromatic carbocycles. The van der Waals surface area contributed by atoms with Crippen LogP contribution in [-0.4, -0.2) is 99.3 Å². The normalized spacial score (nSPS) is 23.1. The number of hydrogen-bond donors (Lipinski definition) is 1. The zero-order valence-corrected chi connectivity index (χ0v) is 37.4. The van der Waals surface area contributed by atoms with Crippen LogP contribution in [0, 0.1) is 23.7 Å². The maximum atomic E-state index is 11.9. The lowest BCUT2D eigenvalue weighted by atomic mass is 9.88. The quantitative estimate of drug-likeness (QED) is 0.116. The van der Waals surface area contributed by atoms with Crippen LogP contribution >= 0.6 is 0 Å². The number of aliphatic carboxylic acids is 1. The first kappa shape index (κ1) is 45.8. The molecule has 62 heavy (non-hydrogen) atoms. The topological polar surface area (TPSA) is 107 Å². The van der Waals surface area contributed by atoms with Crippen molar-refractivity contribution < 1.29 is 38.4 Å². The number of carbonyl (C=O) groups excluding carboxylic acids is 1. The van der Waals surface area contributed by atoms with E-state index in [1.54, 1.807) is 14.2 Å². The molecule has 0 radical (unpaired) electrons. The van der Waals surface area contributed by atoms with Crippen LogP contribution < -0.4 is 9.47 Å². The molecule has 2 aliphatic carbocycles. The lowest BCUT2D eigenvalue weighted by Crippen LogP contribution is -2.36. The summed E-state index contributed by atoms with van der Waals surface area (Å²) < 4.78 is 28.3. The molecule has 4 aliphatic rings. The van der Waals surface area contributed by atoms with Gasteiger partial charge in [0.2, 0.25) is 0 Å². The second-order valence-corrected chi connectivity index (χ2v) is 18.3. The van der Waals surface area contributed by atoms with Crippen molar-refractivity contribution in [1.29, 1.82) is 0 Å². The van der Waals surface area contributed by atoms with E-state index in [2.05, 4.69) is 82.6 Å². The van der Waals surface area contributed by atoms with Crippen LogP contribution in [0.1, 0.15) is 95.1 Å². The lowest BCUT2D eigenvalue weighted by molar-refractivity contribution is -0.149. The molecule has 1 N–H and O–H groups in total. The summed E-state index contributed by atoms with van der Waals surface area (Å²) in [4.78, 5) is 27.9. The number of rotatable bonds is 15. The third-order valence-corrected chi connectivity index (χ3v) is 13.7. The Labute approximate surface area is 369 Å². The highest BCUT2D eigenvalue weighted by molar-refractivity contribution is 5.85. The van der Waals surface area contributed by atoms with Crippen molar-refractivity contribution >= 4 is 33.5 Å². The molecule has 0 atom stereocenters. The molecule has 0 aromatic heterocycles. The molecule has 2 saturated heterocycles. The molecule has 0 amide bonds. The maximum absolute atomic E-state index is 11.9. The second-order valence-electron chi connectivity index (χ2n) is 18.3. The predicted molar refractivity (Wildman–Crippen MR) is 245 cm³/mol. The Bertz CT molecular complexity index is 2020. The number of ether oxygens (including phenoxy) is 5. The van der Waals surface area contributed by atoms with Crippen LogP contribution in [0.2, 0.25) is 0 Å². The summed E-state index contributed by atoms with van der Waals surface area (Å²) in [6.45, 7) is 9.48. The number of hydrogen-bond acceptors (Lipinski definition) is 9. The number of carboxylic acids is 1. The summed E-state index contributed by atoms with van der Waals surface area (Å²) in [5.41, 5.74) is 2.60. The minimum Gasteiger partial charge on any atom is -0.490 e. The molecule has 2 saturated carbocycles. The number of likely N-dealkylation sites (tertiary alicyclic amines) is 2. The smallest absolute Gasteiger partial charge is 0.309 e. The summed E-state index contributed by atoms with van der Waals surface area (Å²) in [7, 11) is 3.57. The van der Waals surface area contributed by atoms with Gasteiger partial charge in [0.15, 0.2) is 0 Å². The highest BCUT2D eigenvalue weighted by Gasteiger charge is 2.27. The minimum absolute atomic E-state index is 0.0288. The van der Waals surface area contributed by atoms with Crippen molar-refractivity contribution in [3.63, 3.8) is 0 Å². The van der Waals surface area contributed by atoms with Gasteiger partial charge in [0, 0.05) is 40.5 Å². The lowest BCUT2D eigenvalue weighted by Gasteiger charge is -2.30. The number of piperidine rings is 2. The van der Waals surface area contributed by atoms with E-state index in [0.29, 0.717) is 30.7 Å². The largest absolute Gasteiger partial charge is 0.490 e. The van der Waals surface area contributed by atoms with Gasteiger partial charge in [-0.25, -0.2) is 0 Å². The summed E-state index contributed by atoms with van der Waals surface area (Å²) in [5.74, 6) is 2.51. The van der Waals surface area contributed by atoms with E-state index in [1.807, 2.05) is 6.92 Å². The van der Waals surface area contributed by atoms with Gasteiger partial charge in [-0.05, 0) is 191 Å². The molecule has 8 rings (SSSR count). The summed E-state index contributed by atoms with van der Waals surface area (Å²) in [5, 5.41) is 14.1. The molecular weight excluding hydrogens is 781 g/mol. The first-order valence-electron chi connectivity index (χ1n) is 23.5. The Morgan fingerprint density at radius 3 is 1.35 bits per heavy atom. The van der Waals surface area contributed by atoms with E-state index in [1.165, 1.54) is 58.4 Å². The molecule has 10 heteroatoms. The molecule has 336 valence electrons. The van der Waals surface area contributed by atoms with E-state index in [9.17, 15) is 9.59 Å². The molecule has 0 unspecified atom stereocenters. The molecule has 4 fully saturated rings. The van der Waals surface area contributed by atoms with Crippen LogP contribution in [0.5, 0.6) is 11.5 Å². The molecule has 10 nitrogen and oxygen atoms in total. The molecule has 0 spiro atoms. The zero-order valence-electron chi connectivity index (χ0n) is 37.4. The Hall–Kier alpha value is -4.22. The van der Waals surface area contributed by atoms with Crippen LogP contribution in [0.25, 0.3) is 21.5 Å². The summed E-state index contributed by atoms with van der Waals surface area (Å²) in [6.07, 6.45) is 13.1. The van der Waals surface area contributed by atoms with Crippen molar-refractivity contribution in [2.75, 3.05) is 60.2 Å². The molecule has 2 aliphatic heterocycles. The minimum atomic E-state index is -0.651. The van der Waals surface area contributed by atoms with Crippen LogP contribution in [0.4, 0.5) is 0 Å². The maximum Gasteiger partial charge on any atom is 0.309 e. The Balaban J connectivity index is 0.000000187. The van der Waals surface area contributed by atoms with Crippen molar-refractivity contribution in [1.82, 2.24) is 9.80 Å². The van der Waals surface area contributed by atoms with Gasteiger partial charge in [0.25, 0.3) is 0 Å². The number of benzene rings is 4. The molecule has 0 bridgehead atoms. The number of fused-ring (bicyclic) bond motifs is 2. The molecule has 2 heterocycles. The van der Waals surface area contributed by atoms with Crippen molar-refractivity contribution in [3.8, 4) is 11.5 Å². The van der Waals surface area contributed by atoms with Gasteiger partial charge in [-0.3, -0.25) is 19.4 Å². The number of carbonyl (C=O) groups is 2. The average Bonchev–Trinajstić information content (AvgIpc) is 3.29. The van der Waals surface area contributed by atoms with E-state index in [-0.39, 0.29) is 17.8 Å². The fourth-order valence-corrected chi connectivity index (χ4v) is 10.0. The monoisotopic (exact) mass is 851 g/mol. The number of esters is 1. The van der Waals surface area contributed by atoms with E-state index >= 15 is 0 Å². The van der Waals surface area contributed by atoms with Crippen LogP contribution in [-0.2, 0) is 36.9 Å². The Morgan fingerprint density at radius 1 is 0.548 bits per heavy atom. The van der Waals surface area contributed by atoms with Gasteiger partial charge in [0.05, 0.1) is 30.7 Å². The fourth-order valence-electron chi connectivity index (χ4n) is 10.0. The first-order valence-corrected chi connectivity index (χ1v) is 23.5. The van der Waals surface area contributed by atoms with E-state index in [4.69, 9.17) is 28.8 Å². The SMILES string of the molecule is CCOC(=O)C1CCN(Cc2ccc3cc(OC4CCC(COC)CC4)ccc3c2)CC1.COCC1CCC(Oc2ccc3cc(CN4CCC(C(=O)O)CC4)ccc3c2)CC1. The summed E-state index contributed by atoms with van der Waals surface area (Å²) >= 11 is 0. The standard InChI is InChI=1S/C27H37NO4.C25H33NO4/c1-3-31-27(29)22-12-14-28(15-13-22)18-21-4-7-24-17-26(11-8-23(24)16-21)32-25-9-5-20(6-10-25)19-30-2;1-29-17-18-3-7-23(8-4-18)30-24-9-6-21-14-19(2-5-22(21)15-24)16-26-12-10-20(11-13-26)25(27)28/h4,7-8,11,16-17,20,22,25H,3,5-6,9-10,12-15,18-19H2,1-2H3;2,5-6,9,14-15,18,20,23H,3-4,7-8,10-13,16-17H2,1H3,(H,27,28). The van der Waals surface area contributed by atoms with Gasteiger partial charge in [-0.1, -0.05) is 36.4 Å². The van der Waals surface area contributed by atoms with Gasteiger partial charge in [-0.15, -0.1) is 0 Å². The second kappa shape index (κ2) is 22.9. The van der Waals surface area contributed by atoms with Gasteiger partial charge < -0.3 is 28.8 Å². The highest BCUT2D eigenvalue weighted by atomic mass is 16.5. The van der Waals surface area contributed by atoms with Crippen molar-refractivity contribution in [2.24, 2.45) is 23.7 Å². The number of carboxylic acid groups (broad SMARTS) is 1. The van der Waals surface area contributed by atoms with Crippen LogP contribution in [0.3, 0.4) is 0 Å². The Morgan fingerprint density at radius 2 is 0.952 bits per heavy atom. The van der Waals surface area contributed by atoms with Crippen LogP contribution in [0.15, 0.2) is 72.8 Å². The van der Waals surface area contributed by atoms with E-state index in [0.717, 1.165) is 115 Å². The summed E-state index contributed by atoms with van der Waals surface area (Å²) in [6, 6.07) is 26.2. The van der Waals surface area contributed by atoms with Gasteiger partial charge >= 0.3 is 11.9 Å². The molecule has 4 aromatic rings. The van der Waals surface area contributed by atoms with Crippen molar-refractivity contribution in [2.45, 2.75) is 109 Å². The fraction of sp³-hybridized carbons (Fsp3) is 0.577. The van der Waals surface area contributed by atoms with Gasteiger partial charge in [0.1, 0.15) is 11.5 Å². The zero-order chi connectivity index (χ0) is 43.3. The predicted octanol–water partition coefficient (Wildman–Crippen LogP) is 9.92. The average molecular weight is 851 g/mol. The number of methoxy groups -OCH3 is 2. The van der Waals surface area contributed by atoms with Crippen molar-refractivity contribution in [3.05, 3.63) is 83.9 Å². The Kier molecular flexibility index (Phi) is 16.9. The highest BCUT2D eigenvalue weighted by Crippen LogP contribution is 2.32. The number of nitrogens with zero attached hydrogens (tertiary/aromatic N) is 2. The third kappa shape index (κ3) is 13.2.